The summed E-state index contributed by atoms with van der Waals surface area (Å²) in [7, 11) is 0. The Kier molecular flexibility index (Phi) is 7.58. The molecule has 0 unspecified atom stereocenters. The van der Waals surface area contributed by atoms with Gasteiger partial charge in [-0.15, -0.1) is 12.4 Å². The molecule has 7 heteroatoms. The topological polar surface area (TPSA) is 88.6 Å². The van der Waals surface area contributed by atoms with Gasteiger partial charge in [-0.2, -0.15) is 0 Å². The second kappa shape index (κ2) is 8.93. The van der Waals surface area contributed by atoms with Gasteiger partial charge in [0.2, 0.25) is 5.91 Å². The number of likely N-dealkylation sites (tertiary alicyclic amines) is 1. The third kappa shape index (κ3) is 5.25. The lowest BCUT2D eigenvalue weighted by Gasteiger charge is -2.32. The lowest BCUT2D eigenvalue weighted by molar-refractivity contribution is -0.132. The van der Waals surface area contributed by atoms with E-state index in [-0.39, 0.29) is 30.3 Å². The number of amides is 2. The molecule has 0 radical (unpaired) electrons. The number of hydrogen-bond acceptors (Lipinski definition) is 4. The van der Waals surface area contributed by atoms with Crippen molar-refractivity contribution in [3.63, 3.8) is 0 Å². The fraction of sp³-hybridized carbons (Fsp3) is 0.625. The van der Waals surface area contributed by atoms with Crippen LogP contribution in [0.1, 0.15) is 47.6 Å². The van der Waals surface area contributed by atoms with Crippen molar-refractivity contribution in [3.05, 3.63) is 23.2 Å². The minimum atomic E-state index is -0.0951. The van der Waals surface area contributed by atoms with Crippen LogP contribution in [0.4, 0.5) is 0 Å². The van der Waals surface area contributed by atoms with Crippen molar-refractivity contribution in [2.24, 2.45) is 5.73 Å². The number of nitrogens with one attached hydrogen (secondary N) is 1. The van der Waals surface area contributed by atoms with Crippen molar-refractivity contribution in [1.29, 1.82) is 0 Å². The van der Waals surface area contributed by atoms with Crippen LogP contribution in [0.2, 0.25) is 0 Å². The van der Waals surface area contributed by atoms with Crippen LogP contribution in [0.3, 0.4) is 0 Å². The van der Waals surface area contributed by atoms with E-state index < -0.39 is 0 Å². The van der Waals surface area contributed by atoms with E-state index in [0.29, 0.717) is 37.4 Å². The van der Waals surface area contributed by atoms with Crippen LogP contribution in [0.5, 0.6) is 0 Å². The number of rotatable bonds is 5. The van der Waals surface area contributed by atoms with Crippen LogP contribution < -0.4 is 11.1 Å². The molecule has 2 heterocycles. The highest BCUT2D eigenvalue weighted by Gasteiger charge is 2.24. The van der Waals surface area contributed by atoms with Gasteiger partial charge in [0.05, 0.1) is 5.56 Å². The van der Waals surface area contributed by atoms with Gasteiger partial charge in [0.15, 0.2) is 0 Å². The SMILES string of the molecule is Cc1cc(C(=O)NC2CCN(C(=O)CCCN)CC2)c(C)o1.Cl. The summed E-state index contributed by atoms with van der Waals surface area (Å²) >= 11 is 0. The maximum absolute atomic E-state index is 12.2. The number of nitrogens with two attached hydrogens (primary N) is 1. The van der Waals surface area contributed by atoms with E-state index in [0.717, 1.165) is 25.0 Å². The molecule has 0 aromatic carbocycles. The number of carbonyl (C=O) groups excluding carboxylic acids is 2. The molecule has 1 aromatic rings. The minimum Gasteiger partial charge on any atom is -0.466 e. The molecule has 0 bridgehead atoms. The first-order valence-electron chi connectivity index (χ1n) is 7.87. The van der Waals surface area contributed by atoms with Gasteiger partial charge in [0.1, 0.15) is 11.5 Å². The van der Waals surface area contributed by atoms with Crippen molar-refractivity contribution >= 4 is 24.2 Å². The van der Waals surface area contributed by atoms with E-state index in [1.807, 2.05) is 11.8 Å². The average Bonchev–Trinajstić information content (AvgIpc) is 2.84. The quantitative estimate of drug-likeness (QED) is 0.852. The van der Waals surface area contributed by atoms with E-state index in [2.05, 4.69) is 5.32 Å². The highest BCUT2D eigenvalue weighted by Crippen LogP contribution is 2.16. The van der Waals surface area contributed by atoms with E-state index in [1.54, 1.807) is 13.0 Å². The van der Waals surface area contributed by atoms with Gasteiger partial charge < -0.3 is 20.4 Å². The molecule has 2 rings (SSSR count). The maximum atomic E-state index is 12.2. The number of halogens is 1. The first-order valence-corrected chi connectivity index (χ1v) is 7.87. The average molecular weight is 344 g/mol. The number of carbonyl (C=O) groups is 2. The highest BCUT2D eigenvalue weighted by atomic mass is 35.5. The molecular weight excluding hydrogens is 318 g/mol. The van der Waals surface area contributed by atoms with E-state index >= 15 is 0 Å². The smallest absolute Gasteiger partial charge is 0.255 e. The number of furan rings is 1. The van der Waals surface area contributed by atoms with Crippen LogP contribution in [-0.4, -0.2) is 42.4 Å². The Morgan fingerprint density at radius 1 is 1.35 bits per heavy atom. The predicted molar refractivity (Wildman–Crippen MR) is 90.8 cm³/mol. The van der Waals surface area contributed by atoms with Crippen molar-refractivity contribution < 1.29 is 14.0 Å². The zero-order valence-electron chi connectivity index (χ0n) is 13.8. The van der Waals surface area contributed by atoms with Crippen LogP contribution in [0.15, 0.2) is 10.5 Å². The van der Waals surface area contributed by atoms with Gasteiger partial charge >= 0.3 is 0 Å². The van der Waals surface area contributed by atoms with Crippen LogP contribution in [0, 0.1) is 13.8 Å². The van der Waals surface area contributed by atoms with Crippen LogP contribution in [0.25, 0.3) is 0 Å². The number of nitrogens with zero attached hydrogens (tertiary/aromatic N) is 1. The summed E-state index contributed by atoms with van der Waals surface area (Å²) in [5, 5.41) is 3.04. The first-order chi connectivity index (χ1) is 10.5. The maximum Gasteiger partial charge on any atom is 0.255 e. The molecule has 0 saturated carbocycles. The fourth-order valence-corrected chi connectivity index (χ4v) is 2.80. The Bertz CT molecular complexity index is 537. The zero-order valence-corrected chi connectivity index (χ0v) is 14.6. The summed E-state index contributed by atoms with van der Waals surface area (Å²) < 4.78 is 5.39. The Balaban J connectivity index is 0.00000264. The minimum absolute atomic E-state index is 0. The molecule has 1 saturated heterocycles. The Hall–Kier alpha value is -1.53. The fourth-order valence-electron chi connectivity index (χ4n) is 2.80. The van der Waals surface area contributed by atoms with Crippen LogP contribution in [-0.2, 0) is 4.79 Å². The van der Waals surface area contributed by atoms with Gasteiger partial charge in [-0.3, -0.25) is 9.59 Å². The van der Waals surface area contributed by atoms with E-state index in [9.17, 15) is 9.59 Å². The van der Waals surface area contributed by atoms with Gasteiger partial charge in [0.25, 0.3) is 5.91 Å². The Morgan fingerprint density at radius 3 is 2.52 bits per heavy atom. The molecule has 3 N–H and O–H groups in total. The van der Waals surface area contributed by atoms with Crippen molar-refractivity contribution in [2.45, 2.75) is 45.6 Å². The number of hydrogen-bond donors (Lipinski definition) is 2. The van der Waals surface area contributed by atoms with Crippen molar-refractivity contribution in [3.8, 4) is 0 Å². The zero-order chi connectivity index (χ0) is 16.1. The molecule has 2 amide bonds. The molecule has 0 atom stereocenters. The van der Waals surface area contributed by atoms with Gasteiger partial charge in [-0.1, -0.05) is 0 Å². The monoisotopic (exact) mass is 343 g/mol. The molecule has 1 fully saturated rings. The summed E-state index contributed by atoms with van der Waals surface area (Å²) in [6, 6.07) is 1.87. The lowest BCUT2D eigenvalue weighted by Crippen LogP contribution is -2.46. The molecular formula is C16H26ClN3O3. The molecule has 1 aliphatic heterocycles. The normalized spacial score (nSPS) is 15.2. The molecule has 0 aliphatic carbocycles. The largest absolute Gasteiger partial charge is 0.466 e. The summed E-state index contributed by atoms with van der Waals surface area (Å²) in [5.41, 5.74) is 6.02. The molecule has 0 spiro atoms. The summed E-state index contributed by atoms with van der Waals surface area (Å²) in [6.45, 7) is 5.55. The molecule has 1 aromatic heterocycles. The van der Waals surface area contributed by atoms with Crippen LogP contribution >= 0.6 is 12.4 Å². The predicted octanol–water partition coefficient (Wildman–Crippen LogP) is 1.78. The third-order valence-corrected chi connectivity index (χ3v) is 4.06. The second-order valence-corrected chi connectivity index (χ2v) is 5.85. The number of aryl methyl sites for hydroxylation is 2. The van der Waals surface area contributed by atoms with Gasteiger partial charge in [0, 0.05) is 25.6 Å². The highest BCUT2D eigenvalue weighted by molar-refractivity contribution is 5.95. The molecule has 6 nitrogen and oxygen atoms in total. The summed E-state index contributed by atoms with van der Waals surface area (Å²) in [6.07, 6.45) is 2.82. The lowest BCUT2D eigenvalue weighted by atomic mass is 10.0. The number of piperidine rings is 1. The van der Waals surface area contributed by atoms with Crippen molar-refractivity contribution in [1.82, 2.24) is 10.2 Å². The summed E-state index contributed by atoms with van der Waals surface area (Å²) in [4.78, 5) is 26.0. The third-order valence-electron chi connectivity index (χ3n) is 4.06. The van der Waals surface area contributed by atoms with Gasteiger partial charge in [-0.05, 0) is 45.7 Å². The summed E-state index contributed by atoms with van der Waals surface area (Å²) in [5.74, 6) is 1.45. The van der Waals surface area contributed by atoms with E-state index in [4.69, 9.17) is 10.2 Å². The molecule has 1 aliphatic rings. The first kappa shape index (κ1) is 19.5. The standard InChI is InChI=1S/C16H25N3O3.ClH/c1-11-10-14(12(2)22-11)16(21)18-13-5-8-19(9-6-13)15(20)4-3-7-17;/h10,13H,3-9,17H2,1-2H3,(H,18,21);1H. The van der Waals surface area contributed by atoms with Crippen molar-refractivity contribution in [2.75, 3.05) is 19.6 Å². The van der Waals surface area contributed by atoms with Gasteiger partial charge in [-0.25, -0.2) is 0 Å². The Morgan fingerprint density at radius 2 is 2.00 bits per heavy atom. The molecule has 23 heavy (non-hydrogen) atoms. The second-order valence-electron chi connectivity index (χ2n) is 5.85. The molecule has 130 valence electrons. The van der Waals surface area contributed by atoms with E-state index in [1.165, 1.54) is 0 Å². The Labute approximate surface area is 143 Å².